The molecule has 2 aromatic rings. The van der Waals surface area contributed by atoms with Gasteiger partial charge in [0.25, 0.3) is 0 Å². The summed E-state index contributed by atoms with van der Waals surface area (Å²) in [6, 6.07) is 16.0. The van der Waals surface area contributed by atoms with Gasteiger partial charge in [0.05, 0.1) is 5.02 Å². The Morgan fingerprint density at radius 2 is 1.86 bits per heavy atom. The molecule has 0 heterocycles. The van der Waals surface area contributed by atoms with Gasteiger partial charge in [-0.2, -0.15) is 0 Å². The summed E-state index contributed by atoms with van der Waals surface area (Å²) in [4.78, 5) is 0. The van der Waals surface area contributed by atoms with E-state index in [0.717, 1.165) is 12.8 Å². The van der Waals surface area contributed by atoms with Crippen LogP contribution < -0.4 is 5.32 Å². The molecule has 110 valence electrons. The monoisotopic (exact) mass is 303 g/mol. The molecule has 1 N–H and O–H groups in total. The minimum atomic E-state index is -0.289. The van der Waals surface area contributed by atoms with Crippen LogP contribution in [-0.4, -0.2) is 13.1 Å². The van der Waals surface area contributed by atoms with Crippen LogP contribution in [-0.2, 0) is 11.8 Å². The van der Waals surface area contributed by atoms with E-state index < -0.39 is 0 Å². The lowest BCUT2D eigenvalue weighted by molar-refractivity contribution is 0.435. The van der Waals surface area contributed by atoms with Crippen molar-refractivity contribution in [2.45, 2.75) is 30.7 Å². The van der Waals surface area contributed by atoms with E-state index in [1.54, 1.807) is 6.07 Å². The van der Waals surface area contributed by atoms with Gasteiger partial charge in [-0.05, 0) is 43.5 Å². The van der Waals surface area contributed by atoms with Crippen LogP contribution in [0.25, 0.3) is 0 Å². The standard InChI is InChI=1S/C18H19ClFN/c1-21-16(12-13-6-5-9-15(19)17(13)20)18(10-11-18)14-7-3-2-4-8-14/h2-9,16,21H,10-12H2,1H3. The molecule has 0 aromatic heterocycles. The molecule has 1 aliphatic rings. The fourth-order valence-corrected chi connectivity index (χ4v) is 3.44. The largest absolute Gasteiger partial charge is 0.316 e. The predicted octanol–water partition coefficient (Wildman–Crippen LogP) is 4.34. The van der Waals surface area contributed by atoms with Crippen molar-refractivity contribution >= 4 is 11.6 Å². The Bertz CT molecular complexity index is 622. The second kappa shape index (κ2) is 5.78. The minimum Gasteiger partial charge on any atom is -0.316 e. The van der Waals surface area contributed by atoms with Crippen LogP contribution in [0.4, 0.5) is 4.39 Å². The van der Waals surface area contributed by atoms with Gasteiger partial charge in [-0.25, -0.2) is 4.39 Å². The Morgan fingerprint density at radius 3 is 2.48 bits per heavy atom. The summed E-state index contributed by atoms with van der Waals surface area (Å²) < 4.78 is 14.1. The highest BCUT2D eigenvalue weighted by molar-refractivity contribution is 6.30. The average Bonchev–Trinajstić information content (AvgIpc) is 3.31. The molecule has 1 nitrogen and oxygen atoms in total. The maximum atomic E-state index is 14.1. The summed E-state index contributed by atoms with van der Waals surface area (Å²) in [6.07, 6.45) is 2.94. The summed E-state index contributed by atoms with van der Waals surface area (Å²) in [5.41, 5.74) is 2.15. The summed E-state index contributed by atoms with van der Waals surface area (Å²) in [5.74, 6) is -0.289. The normalized spacial score (nSPS) is 17.5. The van der Waals surface area contributed by atoms with Gasteiger partial charge in [-0.1, -0.05) is 54.1 Å². The highest BCUT2D eigenvalue weighted by Crippen LogP contribution is 2.51. The van der Waals surface area contributed by atoms with Crippen LogP contribution in [0.1, 0.15) is 24.0 Å². The molecule has 1 unspecified atom stereocenters. The summed E-state index contributed by atoms with van der Waals surface area (Å²) in [7, 11) is 1.95. The van der Waals surface area contributed by atoms with E-state index in [1.807, 2.05) is 25.2 Å². The summed E-state index contributed by atoms with van der Waals surface area (Å²) >= 11 is 5.89. The second-order valence-corrected chi connectivity index (χ2v) is 6.19. The van der Waals surface area contributed by atoms with E-state index in [0.29, 0.717) is 12.0 Å². The quantitative estimate of drug-likeness (QED) is 0.866. The van der Waals surface area contributed by atoms with Crippen LogP contribution >= 0.6 is 11.6 Å². The highest BCUT2D eigenvalue weighted by Gasteiger charge is 2.50. The van der Waals surface area contributed by atoms with Crippen LogP contribution in [0.2, 0.25) is 5.02 Å². The number of hydrogen-bond donors (Lipinski definition) is 1. The van der Waals surface area contributed by atoms with Crippen molar-refractivity contribution in [2.75, 3.05) is 7.05 Å². The second-order valence-electron chi connectivity index (χ2n) is 5.78. The third kappa shape index (κ3) is 2.70. The Morgan fingerprint density at radius 1 is 1.14 bits per heavy atom. The summed E-state index contributed by atoms with van der Waals surface area (Å²) in [5, 5.41) is 3.59. The van der Waals surface area contributed by atoms with Crippen molar-refractivity contribution in [3.8, 4) is 0 Å². The molecule has 0 aliphatic heterocycles. The lowest BCUT2D eigenvalue weighted by atomic mass is 9.84. The van der Waals surface area contributed by atoms with E-state index in [4.69, 9.17) is 11.6 Å². The first-order chi connectivity index (χ1) is 10.2. The zero-order valence-corrected chi connectivity index (χ0v) is 12.8. The smallest absolute Gasteiger partial charge is 0.145 e. The molecule has 1 saturated carbocycles. The molecule has 0 spiro atoms. The Labute approximate surface area is 130 Å². The molecular formula is C18H19ClFN. The van der Waals surface area contributed by atoms with Crippen LogP contribution in [0.3, 0.4) is 0 Å². The number of likely N-dealkylation sites (N-methyl/N-ethyl adjacent to an activating group) is 1. The third-order valence-electron chi connectivity index (χ3n) is 4.61. The van der Waals surface area contributed by atoms with Crippen molar-refractivity contribution in [1.82, 2.24) is 5.32 Å². The molecular weight excluding hydrogens is 285 g/mol. The highest BCUT2D eigenvalue weighted by atomic mass is 35.5. The predicted molar refractivity (Wildman–Crippen MR) is 85.3 cm³/mol. The van der Waals surface area contributed by atoms with Gasteiger partial charge < -0.3 is 5.32 Å². The number of hydrogen-bond acceptors (Lipinski definition) is 1. The molecule has 0 radical (unpaired) electrons. The van der Waals surface area contributed by atoms with Crippen molar-refractivity contribution in [2.24, 2.45) is 0 Å². The van der Waals surface area contributed by atoms with Crippen LogP contribution in [0.5, 0.6) is 0 Å². The van der Waals surface area contributed by atoms with Crippen LogP contribution in [0, 0.1) is 5.82 Å². The first-order valence-electron chi connectivity index (χ1n) is 7.33. The third-order valence-corrected chi connectivity index (χ3v) is 4.90. The number of rotatable bonds is 5. The molecule has 0 saturated heterocycles. The van der Waals surface area contributed by atoms with Crippen molar-refractivity contribution in [3.05, 3.63) is 70.5 Å². The Balaban J connectivity index is 1.88. The van der Waals surface area contributed by atoms with E-state index in [2.05, 4.69) is 29.6 Å². The van der Waals surface area contributed by atoms with Crippen molar-refractivity contribution in [3.63, 3.8) is 0 Å². The molecule has 1 atom stereocenters. The number of halogens is 2. The fraction of sp³-hybridized carbons (Fsp3) is 0.333. The SMILES string of the molecule is CNC(Cc1cccc(Cl)c1F)C1(c2ccccc2)CC1. The maximum Gasteiger partial charge on any atom is 0.145 e. The van der Waals surface area contributed by atoms with Gasteiger partial charge in [0.15, 0.2) is 0 Å². The zero-order valence-electron chi connectivity index (χ0n) is 12.1. The molecule has 21 heavy (non-hydrogen) atoms. The first kappa shape index (κ1) is 14.6. The van der Waals surface area contributed by atoms with Gasteiger partial charge in [0, 0.05) is 11.5 Å². The van der Waals surface area contributed by atoms with E-state index in [9.17, 15) is 4.39 Å². The van der Waals surface area contributed by atoms with Gasteiger partial charge in [0.2, 0.25) is 0 Å². The van der Waals surface area contributed by atoms with Crippen LogP contribution in [0.15, 0.2) is 48.5 Å². The molecule has 2 aromatic carbocycles. The minimum absolute atomic E-state index is 0.130. The molecule has 0 bridgehead atoms. The lowest BCUT2D eigenvalue weighted by Crippen LogP contribution is -2.39. The fourth-order valence-electron chi connectivity index (χ4n) is 3.24. The zero-order chi connectivity index (χ0) is 14.9. The molecule has 1 fully saturated rings. The Kier molecular flexibility index (Phi) is 4.01. The first-order valence-corrected chi connectivity index (χ1v) is 7.71. The average molecular weight is 304 g/mol. The number of nitrogens with one attached hydrogen (secondary N) is 1. The molecule has 1 aliphatic carbocycles. The summed E-state index contributed by atoms with van der Waals surface area (Å²) in [6.45, 7) is 0. The van der Waals surface area contributed by atoms with Crippen molar-refractivity contribution in [1.29, 1.82) is 0 Å². The maximum absolute atomic E-state index is 14.1. The van der Waals surface area contributed by atoms with Gasteiger partial charge in [-0.15, -0.1) is 0 Å². The van der Waals surface area contributed by atoms with E-state index >= 15 is 0 Å². The van der Waals surface area contributed by atoms with Gasteiger partial charge in [0.1, 0.15) is 5.82 Å². The van der Waals surface area contributed by atoms with Gasteiger partial charge in [-0.3, -0.25) is 0 Å². The van der Waals surface area contributed by atoms with Crippen molar-refractivity contribution < 1.29 is 4.39 Å². The number of benzene rings is 2. The lowest BCUT2D eigenvalue weighted by Gasteiger charge is -2.27. The topological polar surface area (TPSA) is 12.0 Å². The van der Waals surface area contributed by atoms with E-state index in [-0.39, 0.29) is 22.3 Å². The molecule has 0 amide bonds. The van der Waals surface area contributed by atoms with E-state index in [1.165, 1.54) is 5.56 Å². The van der Waals surface area contributed by atoms with Gasteiger partial charge >= 0.3 is 0 Å². The molecule has 3 heteroatoms. The molecule has 3 rings (SSSR count). The Hall–Kier alpha value is -1.38.